The molecule has 22 heavy (non-hydrogen) atoms. The fraction of sp³-hybridized carbons (Fsp3) is 0.765. The standard InChI is InChI=1S/C17H27NO4/c1-2-22-15(19)5-3-4-14-6-8-17(9-7-14)10-12-18(13-11-17)16(20)21/h3,5,14H,2,4,6-13H2,1H3,(H,20,21). The number of ether oxygens (including phenoxy) is 1. The van der Waals surface area contributed by atoms with Gasteiger partial charge in [-0.05, 0) is 63.2 Å². The lowest BCUT2D eigenvalue weighted by Gasteiger charge is -2.45. The van der Waals surface area contributed by atoms with Crippen molar-refractivity contribution in [3.8, 4) is 0 Å². The molecule has 124 valence electrons. The third-order valence-corrected chi connectivity index (χ3v) is 5.27. The first kappa shape index (κ1) is 16.8. The number of likely N-dealkylation sites (tertiary alicyclic amines) is 1. The molecule has 1 saturated carbocycles. The number of piperidine rings is 1. The Morgan fingerprint density at radius 2 is 1.86 bits per heavy atom. The third-order valence-electron chi connectivity index (χ3n) is 5.27. The molecular formula is C17H27NO4. The van der Waals surface area contributed by atoms with Gasteiger partial charge in [0.25, 0.3) is 0 Å². The first-order chi connectivity index (χ1) is 10.5. The second-order valence-corrected chi connectivity index (χ2v) is 6.60. The number of hydrogen-bond donors (Lipinski definition) is 1. The maximum Gasteiger partial charge on any atom is 0.407 e. The maximum absolute atomic E-state index is 11.3. The minimum atomic E-state index is -0.785. The van der Waals surface area contributed by atoms with Crippen molar-refractivity contribution >= 4 is 12.1 Å². The normalized spacial score (nSPS) is 22.1. The predicted octanol–water partition coefficient (Wildman–Crippen LogP) is 3.45. The Bertz CT molecular complexity index is 414. The van der Waals surface area contributed by atoms with Gasteiger partial charge in [0.1, 0.15) is 0 Å². The quantitative estimate of drug-likeness (QED) is 0.638. The Kier molecular flexibility index (Phi) is 5.86. The van der Waals surface area contributed by atoms with Crippen molar-refractivity contribution in [3.63, 3.8) is 0 Å². The summed E-state index contributed by atoms with van der Waals surface area (Å²) in [5.41, 5.74) is 0.368. The molecule has 0 unspecified atom stereocenters. The van der Waals surface area contributed by atoms with Gasteiger partial charge in [0.2, 0.25) is 0 Å². The van der Waals surface area contributed by atoms with Crippen molar-refractivity contribution in [2.75, 3.05) is 19.7 Å². The van der Waals surface area contributed by atoms with Crippen molar-refractivity contribution in [3.05, 3.63) is 12.2 Å². The van der Waals surface area contributed by atoms with Crippen molar-refractivity contribution in [1.82, 2.24) is 4.90 Å². The molecule has 2 fully saturated rings. The number of esters is 1. The summed E-state index contributed by atoms with van der Waals surface area (Å²) < 4.78 is 4.87. The van der Waals surface area contributed by atoms with E-state index < -0.39 is 6.09 Å². The topological polar surface area (TPSA) is 66.8 Å². The van der Waals surface area contributed by atoms with E-state index in [2.05, 4.69) is 0 Å². The summed E-state index contributed by atoms with van der Waals surface area (Å²) in [6.45, 7) is 3.59. The van der Waals surface area contributed by atoms with Gasteiger partial charge in [0.15, 0.2) is 0 Å². The van der Waals surface area contributed by atoms with Crippen LogP contribution in [0.2, 0.25) is 0 Å². The van der Waals surface area contributed by atoms with E-state index in [1.54, 1.807) is 11.0 Å². The number of carbonyl (C=O) groups is 2. The Balaban J connectivity index is 1.72. The summed E-state index contributed by atoms with van der Waals surface area (Å²) in [6, 6.07) is 0. The highest BCUT2D eigenvalue weighted by atomic mass is 16.5. The zero-order valence-corrected chi connectivity index (χ0v) is 13.4. The molecule has 0 atom stereocenters. The second-order valence-electron chi connectivity index (χ2n) is 6.60. The van der Waals surface area contributed by atoms with Gasteiger partial charge in [-0.25, -0.2) is 9.59 Å². The monoisotopic (exact) mass is 309 g/mol. The lowest BCUT2D eigenvalue weighted by Crippen LogP contribution is -2.44. The molecule has 1 N–H and O–H groups in total. The Morgan fingerprint density at radius 3 is 2.41 bits per heavy atom. The molecule has 1 spiro atoms. The van der Waals surface area contributed by atoms with Crippen LogP contribution in [0.25, 0.3) is 0 Å². The molecule has 1 heterocycles. The zero-order valence-electron chi connectivity index (χ0n) is 13.4. The summed E-state index contributed by atoms with van der Waals surface area (Å²) in [4.78, 5) is 23.8. The average Bonchev–Trinajstić information content (AvgIpc) is 2.50. The van der Waals surface area contributed by atoms with Gasteiger partial charge in [0, 0.05) is 19.2 Å². The van der Waals surface area contributed by atoms with E-state index in [0.717, 1.165) is 19.3 Å². The molecule has 0 aromatic heterocycles. The molecule has 0 radical (unpaired) electrons. The van der Waals surface area contributed by atoms with Gasteiger partial charge in [-0.3, -0.25) is 0 Å². The SMILES string of the molecule is CCOC(=O)C=CCC1CCC2(CC1)CCN(C(=O)O)CC2. The van der Waals surface area contributed by atoms with Gasteiger partial charge in [-0.1, -0.05) is 6.08 Å². The molecule has 2 rings (SSSR count). The summed E-state index contributed by atoms with van der Waals surface area (Å²) in [5, 5.41) is 9.03. The molecule has 0 aromatic rings. The molecule has 5 heteroatoms. The number of hydrogen-bond acceptors (Lipinski definition) is 3. The molecular weight excluding hydrogens is 282 g/mol. The minimum Gasteiger partial charge on any atom is -0.465 e. The van der Waals surface area contributed by atoms with Gasteiger partial charge >= 0.3 is 12.1 Å². The predicted molar refractivity (Wildman–Crippen MR) is 83.6 cm³/mol. The Labute approximate surface area is 132 Å². The van der Waals surface area contributed by atoms with Crippen molar-refractivity contribution in [2.24, 2.45) is 11.3 Å². The van der Waals surface area contributed by atoms with Crippen LogP contribution in [0.3, 0.4) is 0 Å². The van der Waals surface area contributed by atoms with Crippen LogP contribution in [0, 0.1) is 11.3 Å². The third kappa shape index (κ3) is 4.49. The Morgan fingerprint density at radius 1 is 1.23 bits per heavy atom. The van der Waals surface area contributed by atoms with Gasteiger partial charge in [0.05, 0.1) is 6.61 Å². The number of nitrogens with zero attached hydrogens (tertiary/aromatic N) is 1. The van der Waals surface area contributed by atoms with Crippen molar-refractivity contribution in [1.29, 1.82) is 0 Å². The average molecular weight is 309 g/mol. The highest BCUT2D eigenvalue weighted by molar-refractivity contribution is 5.81. The van der Waals surface area contributed by atoms with Crippen LogP contribution in [0.5, 0.6) is 0 Å². The summed E-state index contributed by atoms with van der Waals surface area (Å²) in [6.07, 6.45) is 10.4. The molecule has 1 aliphatic carbocycles. The number of allylic oxidation sites excluding steroid dienone is 1. The van der Waals surface area contributed by atoms with Crippen LogP contribution in [0.15, 0.2) is 12.2 Å². The smallest absolute Gasteiger partial charge is 0.407 e. The largest absolute Gasteiger partial charge is 0.465 e. The lowest BCUT2D eigenvalue weighted by molar-refractivity contribution is -0.137. The van der Waals surface area contributed by atoms with Crippen molar-refractivity contribution in [2.45, 2.75) is 51.9 Å². The van der Waals surface area contributed by atoms with E-state index in [9.17, 15) is 9.59 Å². The van der Waals surface area contributed by atoms with E-state index in [0.29, 0.717) is 31.0 Å². The molecule has 1 aliphatic heterocycles. The summed E-state index contributed by atoms with van der Waals surface area (Å²) >= 11 is 0. The highest BCUT2D eigenvalue weighted by Crippen LogP contribution is 2.46. The number of carbonyl (C=O) groups excluding carboxylic acids is 1. The number of amides is 1. The maximum atomic E-state index is 11.3. The fourth-order valence-electron chi connectivity index (χ4n) is 3.75. The highest BCUT2D eigenvalue weighted by Gasteiger charge is 2.38. The number of carboxylic acid groups (broad SMARTS) is 1. The number of rotatable bonds is 4. The second kappa shape index (κ2) is 7.65. The van der Waals surface area contributed by atoms with Crippen LogP contribution >= 0.6 is 0 Å². The zero-order chi connectivity index (χ0) is 16.0. The van der Waals surface area contributed by atoms with Crippen LogP contribution in [0.4, 0.5) is 4.79 Å². The minimum absolute atomic E-state index is 0.254. The van der Waals surface area contributed by atoms with E-state index in [1.807, 2.05) is 13.0 Å². The van der Waals surface area contributed by atoms with Gasteiger partial charge in [-0.15, -0.1) is 0 Å². The van der Waals surface area contributed by atoms with Gasteiger partial charge in [-0.2, -0.15) is 0 Å². The molecule has 1 amide bonds. The first-order valence-corrected chi connectivity index (χ1v) is 8.36. The van der Waals surface area contributed by atoms with Gasteiger partial charge < -0.3 is 14.7 Å². The van der Waals surface area contributed by atoms with E-state index in [-0.39, 0.29) is 5.97 Å². The fourth-order valence-corrected chi connectivity index (χ4v) is 3.75. The van der Waals surface area contributed by atoms with E-state index in [4.69, 9.17) is 9.84 Å². The molecule has 1 saturated heterocycles. The lowest BCUT2D eigenvalue weighted by atomic mass is 9.65. The summed E-state index contributed by atoms with van der Waals surface area (Å²) in [7, 11) is 0. The molecule has 5 nitrogen and oxygen atoms in total. The van der Waals surface area contributed by atoms with Crippen LogP contribution < -0.4 is 0 Å². The van der Waals surface area contributed by atoms with Crippen LogP contribution in [-0.4, -0.2) is 41.8 Å². The molecule has 2 aliphatic rings. The molecule has 0 aromatic carbocycles. The van der Waals surface area contributed by atoms with Crippen molar-refractivity contribution < 1.29 is 19.4 Å². The van der Waals surface area contributed by atoms with E-state index >= 15 is 0 Å². The van der Waals surface area contributed by atoms with Crippen LogP contribution in [0.1, 0.15) is 51.9 Å². The first-order valence-electron chi connectivity index (χ1n) is 8.36. The Hall–Kier alpha value is -1.52. The van der Waals surface area contributed by atoms with Crippen LogP contribution in [-0.2, 0) is 9.53 Å². The summed E-state index contributed by atoms with van der Waals surface area (Å²) in [5.74, 6) is 0.393. The van der Waals surface area contributed by atoms with E-state index in [1.165, 1.54) is 25.7 Å². The molecule has 0 bridgehead atoms.